The molecule has 0 saturated carbocycles. The molecule has 1 aliphatic heterocycles. The second kappa shape index (κ2) is 8.96. The molecule has 0 bridgehead atoms. The molecule has 1 aliphatic rings. The number of ether oxygens (including phenoxy) is 2. The molecule has 0 aromatic heterocycles. The molecule has 3 N–H and O–H groups in total. The van der Waals surface area contributed by atoms with Crippen LogP contribution in [0.4, 0.5) is 4.39 Å². The number of amides is 1. The van der Waals surface area contributed by atoms with Crippen LogP contribution in [-0.2, 0) is 9.53 Å². The molecular formula is C17H25FN2O4. The number of aliphatic hydroxyl groups is 1. The quantitative estimate of drug-likeness (QED) is 0.649. The Bertz CT molecular complexity index is 512. The first-order valence-electron chi connectivity index (χ1n) is 8.10. The molecular weight excluding hydrogens is 315 g/mol. The molecule has 134 valence electrons. The standard InChI is InChI=1S/C17H25FN2O4/c1-23-12-17(6-8-19-9-7-17)16(22)20-10-14(21)11-24-15-4-2-13(18)3-5-15/h2-5,14,19,21H,6-12H2,1H3,(H,20,22). The van der Waals surface area contributed by atoms with E-state index in [1.165, 1.54) is 24.3 Å². The zero-order valence-electron chi connectivity index (χ0n) is 13.9. The van der Waals surface area contributed by atoms with Crippen LogP contribution < -0.4 is 15.4 Å². The average Bonchev–Trinajstić information content (AvgIpc) is 2.60. The van der Waals surface area contributed by atoms with E-state index in [4.69, 9.17) is 9.47 Å². The zero-order chi connectivity index (χ0) is 17.4. The Balaban J connectivity index is 1.78. The molecule has 1 heterocycles. The fraction of sp³-hybridized carbons (Fsp3) is 0.588. The number of halogens is 1. The summed E-state index contributed by atoms with van der Waals surface area (Å²) in [7, 11) is 1.59. The smallest absolute Gasteiger partial charge is 0.228 e. The highest BCUT2D eigenvalue weighted by molar-refractivity contribution is 5.83. The van der Waals surface area contributed by atoms with Gasteiger partial charge >= 0.3 is 0 Å². The second-order valence-corrected chi connectivity index (χ2v) is 6.09. The fourth-order valence-corrected chi connectivity index (χ4v) is 2.80. The Morgan fingerprint density at radius 3 is 2.67 bits per heavy atom. The van der Waals surface area contributed by atoms with Crippen molar-refractivity contribution in [1.82, 2.24) is 10.6 Å². The first-order valence-corrected chi connectivity index (χ1v) is 8.10. The van der Waals surface area contributed by atoms with Gasteiger partial charge in [0.25, 0.3) is 0 Å². The van der Waals surface area contributed by atoms with Crippen LogP contribution in [0.2, 0.25) is 0 Å². The number of aliphatic hydroxyl groups excluding tert-OH is 1. The second-order valence-electron chi connectivity index (χ2n) is 6.09. The maximum absolute atomic E-state index is 12.8. The maximum atomic E-state index is 12.8. The number of carbonyl (C=O) groups is 1. The molecule has 0 aliphatic carbocycles. The van der Waals surface area contributed by atoms with E-state index in [-0.39, 0.29) is 24.9 Å². The average molecular weight is 340 g/mol. The predicted octanol–water partition coefficient (Wildman–Crippen LogP) is 0.698. The van der Waals surface area contributed by atoms with Crippen molar-refractivity contribution in [1.29, 1.82) is 0 Å². The van der Waals surface area contributed by atoms with Crippen molar-refractivity contribution in [3.63, 3.8) is 0 Å². The van der Waals surface area contributed by atoms with E-state index in [0.29, 0.717) is 25.2 Å². The minimum atomic E-state index is -0.847. The van der Waals surface area contributed by atoms with Crippen molar-refractivity contribution in [2.75, 3.05) is 40.0 Å². The van der Waals surface area contributed by atoms with Crippen molar-refractivity contribution in [2.24, 2.45) is 5.41 Å². The first kappa shape index (κ1) is 18.6. The summed E-state index contributed by atoms with van der Waals surface area (Å²) in [5, 5.41) is 16.0. The molecule has 1 amide bonds. The monoisotopic (exact) mass is 340 g/mol. The van der Waals surface area contributed by atoms with E-state index in [9.17, 15) is 14.3 Å². The Hall–Kier alpha value is -1.70. The van der Waals surface area contributed by atoms with Gasteiger partial charge in [-0.3, -0.25) is 4.79 Å². The van der Waals surface area contributed by atoms with E-state index in [1.807, 2.05) is 0 Å². The zero-order valence-corrected chi connectivity index (χ0v) is 13.9. The lowest BCUT2D eigenvalue weighted by Gasteiger charge is -2.35. The van der Waals surface area contributed by atoms with Crippen LogP contribution in [0.3, 0.4) is 0 Å². The number of carbonyl (C=O) groups excluding carboxylic acids is 1. The fourth-order valence-electron chi connectivity index (χ4n) is 2.80. The Labute approximate surface area is 141 Å². The van der Waals surface area contributed by atoms with E-state index in [2.05, 4.69) is 10.6 Å². The van der Waals surface area contributed by atoms with Crippen LogP contribution in [0.15, 0.2) is 24.3 Å². The summed E-state index contributed by atoms with van der Waals surface area (Å²) in [5.41, 5.74) is -0.544. The van der Waals surface area contributed by atoms with Crippen molar-refractivity contribution < 1.29 is 23.8 Å². The van der Waals surface area contributed by atoms with Gasteiger partial charge in [-0.25, -0.2) is 4.39 Å². The summed E-state index contributed by atoms with van der Waals surface area (Å²) in [6.45, 7) is 2.02. The molecule has 0 radical (unpaired) electrons. The largest absolute Gasteiger partial charge is 0.491 e. The predicted molar refractivity (Wildman–Crippen MR) is 87.3 cm³/mol. The summed E-state index contributed by atoms with van der Waals surface area (Å²) >= 11 is 0. The van der Waals surface area contributed by atoms with Gasteiger partial charge in [0.2, 0.25) is 5.91 Å². The molecule has 1 fully saturated rings. The van der Waals surface area contributed by atoms with Gasteiger partial charge < -0.3 is 25.2 Å². The molecule has 1 aromatic carbocycles. The molecule has 2 rings (SSSR count). The lowest BCUT2D eigenvalue weighted by molar-refractivity contribution is -0.136. The number of hydrogen-bond donors (Lipinski definition) is 3. The number of benzene rings is 1. The Morgan fingerprint density at radius 2 is 2.04 bits per heavy atom. The topological polar surface area (TPSA) is 79.8 Å². The van der Waals surface area contributed by atoms with Gasteiger partial charge in [-0.1, -0.05) is 0 Å². The summed E-state index contributed by atoms with van der Waals surface area (Å²) in [4.78, 5) is 12.5. The van der Waals surface area contributed by atoms with Crippen LogP contribution in [0.25, 0.3) is 0 Å². The number of rotatable bonds is 8. The third kappa shape index (κ3) is 5.15. The number of hydrogen-bond acceptors (Lipinski definition) is 5. The van der Waals surface area contributed by atoms with Gasteiger partial charge in [0.05, 0.1) is 12.0 Å². The van der Waals surface area contributed by atoms with Crippen LogP contribution in [0.5, 0.6) is 5.75 Å². The molecule has 24 heavy (non-hydrogen) atoms. The Morgan fingerprint density at radius 1 is 1.38 bits per heavy atom. The molecule has 1 atom stereocenters. The van der Waals surface area contributed by atoms with Crippen molar-refractivity contribution >= 4 is 5.91 Å². The minimum Gasteiger partial charge on any atom is -0.491 e. The SMILES string of the molecule is COCC1(C(=O)NCC(O)COc2ccc(F)cc2)CCNCC1. The normalized spacial score (nSPS) is 18.0. The highest BCUT2D eigenvalue weighted by Gasteiger charge is 2.39. The molecule has 1 aromatic rings. The third-order valence-electron chi connectivity index (χ3n) is 4.22. The van der Waals surface area contributed by atoms with Crippen LogP contribution in [-0.4, -0.2) is 57.1 Å². The lowest BCUT2D eigenvalue weighted by atomic mass is 9.78. The molecule has 1 unspecified atom stereocenters. The van der Waals surface area contributed by atoms with Gasteiger partial charge in [-0.15, -0.1) is 0 Å². The van der Waals surface area contributed by atoms with Crippen molar-refractivity contribution in [3.05, 3.63) is 30.1 Å². The van der Waals surface area contributed by atoms with Gasteiger partial charge in [0.15, 0.2) is 0 Å². The summed E-state index contributed by atoms with van der Waals surface area (Å²) in [5.74, 6) is 0.0169. The van der Waals surface area contributed by atoms with E-state index in [1.54, 1.807) is 7.11 Å². The molecule has 1 saturated heterocycles. The highest BCUT2D eigenvalue weighted by Crippen LogP contribution is 2.29. The molecule has 6 nitrogen and oxygen atoms in total. The number of piperidine rings is 1. The van der Waals surface area contributed by atoms with Crippen LogP contribution in [0.1, 0.15) is 12.8 Å². The minimum absolute atomic E-state index is 0.0186. The van der Waals surface area contributed by atoms with Crippen LogP contribution >= 0.6 is 0 Å². The van der Waals surface area contributed by atoms with Crippen LogP contribution in [0, 0.1) is 11.2 Å². The number of methoxy groups -OCH3 is 1. The summed E-state index contributed by atoms with van der Waals surface area (Å²) < 4.78 is 23.4. The van der Waals surface area contributed by atoms with E-state index in [0.717, 1.165) is 13.1 Å². The van der Waals surface area contributed by atoms with Gasteiger partial charge in [0.1, 0.15) is 24.3 Å². The lowest BCUT2D eigenvalue weighted by Crippen LogP contribution is -2.51. The summed E-state index contributed by atoms with van der Waals surface area (Å²) in [6.07, 6.45) is 0.560. The van der Waals surface area contributed by atoms with E-state index < -0.39 is 11.5 Å². The van der Waals surface area contributed by atoms with Crippen molar-refractivity contribution in [3.8, 4) is 5.75 Å². The molecule has 7 heteroatoms. The molecule has 0 spiro atoms. The van der Waals surface area contributed by atoms with Gasteiger partial charge in [-0.2, -0.15) is 0 Å². The maximum Gasteiger partial charge on any atom is 0.228 e. The van der Waals surface area contributed by atoms with Crippen molar-refractivity contribution in [2.45, 2.75) is 18.9 Å². The Kier molecular flexibility index (Phi) is 6.96. The van der Waals surface area contributed by atoms with E-state index >= 15 is 0 Å². The highest BCUT2D eigenvalue weighted by atomic mass is 19.1. The van der Waals surface area contributed by atoms with Gasteiger partial charge in [0, 0.05) is 13.7 Å². The first-order chi connectivity index (χ1) is 11.6. The van der Waals surface area contributed by atoms with Gasteiger partial charge in [-0.05, 0) is 50.2 Å². The number of nitrogens with one attached hydrogen (secondary N) is 2. The summed E-state index contributed by atoms with van der Waals surface area (Å²) in [6, 6.07) is 5.55. The third-order valence-corrected chi connectivity index (χ3v) is 4.22.